The van der Waals surface area contributed by atoms with Gasteiger partial charge < -0.3 is 10.1 Å². The summed E-state index contributed by atoms with van der Waals surface area (Å²) in [6.07, 6.45) is 9.18. The fraction of sp³-hybridized carbons (Fsp3) is 1.00. The summed E-state index contributed by atoms with van der Waals surface area (Å²) in [7, 11) is 0. The maximum absolute atomic E-state index is 5.57. The SMILES string of the molecule is CCCCOCCCNC1CCC(C(C)C)CC1. The summed E-state index contributed by atoms with van der Waals surface area (Å²) in [6.45, 7) is 9.93. The fourth-order valence-corrected chi connectivity index (χ4v) is 2.82. The largest absolute Gasteiger partial charge is 0.381 e. The van der Waals surface area contributed by atoms with Gasteiger partial charge in [-0.3, -0.25) is 0 Å². The molecule has 0 bridgehead atoms. The first kappa shape index (κ1) is 16.0. The molecule has 1 aliphatic carbocycles. The molecule has 0 aliphatic heterocycles. The van der Waals surface area contributed by atoms with Gasteiger partial charge in [-0.1, -0.05) is 27.2 Å². The summed E-state index contributed by atoms with van der Waals surface area (Å²) in [5.74, 6) is 1.85. The molecule has 0 radical (unpaired) electrons. The molecule has 0 aromatic heterocycles. The summed E-state index contributed by atoms with van der Waals surface area (Å²) in [5.41, 5.74) is 0. The van der Waals surface area contributed by atoms with E-state index in [1.165, 1.54) is 38.5 Å². The lowest BCUT2D eigenvalue weighted by atomic mass is 9.80. The third-order valence-corrected chi connectivity index (χ3v) is 4.26. The molecule has 0 saturated heterocycles. The molecule has 1 saturated carbocycles. The van der Waals surface area contributed by atoms with Gasteiger partial charge in [0.2, 0.25) is 0 Å². The van der Waals surface area contributed by atoms with Crippen molar-refractivity contribution in [1.29, 1.82) is 0 Å². The molecule has 0 unspecified atom stereocenters. The molecule has 0 heterocycles. The summed E-state index contributed by atoms with van der Waals surface area (Å²) in [5, 5.41) is 3.69. The first-order valence-corrected chi connectivity index (χ1v) is 8.05. The number of unbranched alkanes of at least 4 members (excludes halogenated alkanes) is 1. The van der Waals surface area contributed by atoms with Crippen molar-refractivity contribution in [3.8, 4) is 0 Å². The van der Waals surface area contributed by atoms with E-state index >= 15 is 0 Å². The van der Waals surface area contributed by atoms with Crippen LogP contribution in [0.1, 0.15) is 65.7 Å². The van der Waals surface area contributed by atoms with Gasteiger partial charge in [0.25, 0.3) is 0 Å². The van der Waals surface area contributed by atoms with Gasteiger partial charge in [-0.15, -0.1) is 0 Å². The van der Waals surface area contributed by atoms with E-state index < -0.39 is 0 Å². The molecule has 108 valence electrons. The second-order valence-corrected chi connectivity index (χ2v) is 6.13. The molecule has 1 fully saturated rings. The minimum absolute atomic E-state index is 0.774. The summed E-state index contributed by atoms with van der Waals surface area (Å²) < 4.78 is 5.57. The van der Waals surface area contributed by atoms with Crippen LogP contribution in [0.5, 0.6) is 0 Å². The monoisotopic (exact) mass is 255 g/mol. The Bertz CT molecular complexity index is 186. The highest BCUT2D eigenvalue weighted by atomic mass is 16.5. The van der Waals surface area contributed by atoms with Crippen LogP contribution in [0.4, 0.5) is 0 Å². The van der Waals surface area contributed by atoms with E-state index in [2.05, 4.69) is 26.1 Å². The van der Waals surface area contributed by atoms with Crippen molar-refractivity contribution >= 4 is 0 Å². The molecule has 0 aromatic rings. The predicted octanol–water partition coefficient (Wildman–Crippen LogP) is 4.00. The van der Waals surface area contributed by atoms with Crippen molar-refractivity contribution in [2.75, 3.05) is 19.8 Å². The van der Waals surface area contributed by atoms with Gasteiger partial charge in [0, 0.05) is 19.3 Å². The van der Waals surface area contributed by atoms with E-state index in [1.807, 2.05) is 0 Å². The highest BCUT2D eigenvalue weighted by Gasteiger charge is 2.22. The predicted molar refractivity (Wildman–Crippen MR) is 78.9 cm³/mol. The van der Waals surface area contributed by atoms with E-state index in [1.54, 1.807) is 0 Å². The van der Waals surface area contributed by atoms with Crippen LogP contribution in [0.15, 0.2) is 0 Å². The molecule has 1 N–H and O–H groups in total. The molecule has 2 nitrogen and oxygen atoms in total. The first-order chi connectivity index (χ1) is 8.74. The van der Waals surface area contributed by atoms with Crippen molar-refractivity contribution in [2.24, 2.45) is 11.8 Å². The van der Waals surface area contributed by atoms with Crippen LogP contribution in [-0.4, -0.2) is 25.8 Å². The Kier molecular flexibility index (Phi) is 8.70. The zero-order chi connectivity index (χ0) is 13.2. The molecule has 0 amide bonds. The molecule has 0 aromatic carbocycles. The zero-order valence-corrected chi connectivity index (χ0v) is 12.7. The van der Waals surface area contributed by atoms with E-state index in [0.717, 1.165) is 44.1 Å². The minimum Gasteiger partial charge on any atom is -0.381 e. The van der Waals surface area contributed by atoms with Crippen LogP contribution < -0.4 is 5.32 Å². The molecule has 1 aliphatic rings. The van der Waals surface area contributed by atoms with E-state index in [-0.39, 0.29) is 0 Å². The standard InChI is InChI=1S/C16H33NO/c1-4-5-12-18-13-6-11-17-16-9-7-15(8-10-16)14(2)3/h14-17H,4-13H2,1-3H3. The number of hydrogen-bond donors (Lipinski definition) is 1. The van der Waals surface area contributed by atoms with Crippen LogP contribution in [0.2, 0.25) is 0 Å². The second-order valence-electron chi connectivity index (χ2n) is 6.13. The van der Waals surface area contributed by atoms with Crippen molar-refractivity contribution in [3.05, 3.63) is 0 Å². The molecule has 1 rings (SSSR count). The Labute approximate surface area is 114 Å². The van der Waals surface area contributed by atoms with Gasteiger partial charge in [-0.2, -0.15) is 0 Å². The Hall–Kier alpha value is -0.0800. The van der Waals surface area contributed by atoms with Gasteiger partial charge in [0.1, 0.15) is 0 Å². The number of ether oxygens (including phenoxy) is 1. The Morgan fingerprint density at radius 3 is 2.33 bits per heavy atom. The molecule has 0 atom stereocenters. The molecule has 18 heavy (non-hydrogen) atoms. The number of nitrogens with one attached hydrogen (secondary N) is 1. The fourth-order valence-electron chi connectivity index (χ4n) is 2.82. The maximum atomic E-state index is 5.57. The molecule has 2 heteroatoms. The quantitative estimate of drug-likeness (QED) is 0.629. The number of rotatable bonds is 9. The molecular weight excluding hydrogens is 222 g/mol. The highest BCUT2D eigenvalue weighted by Crippen LogP contribution is 2.29. The third kappa shape index (κ3) is 6.75. The van der Waals surface area contributed by atoms with Crippen molar-refractivity contribution < 1.29 is 4.74 Å². The zero-order valence-electron chi connectivity index (χ0n) is 12.7. The average molecular weight is 255 g/mol. The van der Waals surface area contributed by atoms with Crippen LogP contribution in [0.3, 0.4) is 0 Å². The summed E-state index contributed by atoms with van der Waals surface area (Å²) >= 11 is 0. The lowest BCUT2D eigenvalue weighted by molar-refractivity contribution is 0.127. The van der Waals surface area contributed by atoms with Gasteiger partial charge in [-0.05, 0) is 56.9 Å². The van der Waals surface area contributed by atoms with Crippen molar-refractivity contribution in [2.45, 2.75) is 71.8 Å². The van der Waals surface area contributed by atoms with Crippen LogP contribution in [0.25, 0.3) is 0 Å². The van der Waals surface area contributed by atoms with Gasteiger partial charge >= 0.3 is 0 Å². The minimum atomic E-state index is 0.774. The third-order valence-electron chi connectivity index (χ3n) is 4.26. The van der Waals surface area contributed by atoms with Crippen molar-refractivity contribution in [1.82, 2.24) is 5.32 Å². The lowest BCUT2D eigenvalue weighted by Crippen LogP contribution is -2.35. The summed E-state index contributed by atoms with van der Waals surface area (Å²) in [6, 6.07) is 0.774. The average Bonchev–Trinajstić information content (AvgIpc) is 2.38. The van der Waals surface area contributed by atoms with E-state index in [9.17, 15) is 0 Å². The Morgan fingerprint density at radius 1 is 1.06 bits per heavy atom. The smallest absolute Gasteiger partial charge is 0.0478 e. The van der Waals surface area contributed by atoms with Crippen LogP contribution in [-0.2, 0) is 4.74 Å². The van der Waals surface area contributed by atoms with E-state index in [4.69, 9.17) is 4.74 Å². The first-order valence-electron chi connectivity index (χ1n) is 8.05. The van der Waals surface area contributed by atoms with Crippen molar-refractivity contribution in [3.63, 3.8) is 0 Å². The van der Waals surface area contributed by atoms with Gasteiger partial charge in [-0.25, -0.2) is 0 Å². The van der Waals surface area contributed by atoms with Gasteiger partial charge in [0.15, 0.2) is 0 Å². The second kappa shape index (κ2) is 9.80. The molecule has 0 spiro atoms. The van der Waals surface area contributed by atoms with Gasteiger partial charge in [0.05, 0.1) is 0 Å². The Balaban J connectivity index is 1.91. The maximum Gasteiger partial charge on any atom is 0.0478 e. The summed E-state index contributed by atoms with van der Waals surface area (Å²) in [4.78, 5) is 0. The lowest BCUT2D eigenvalue weighted by Gasteiger charge is -2.31. The molecular formula is C16H33NO. The normalized spacial score (nSPS) is 24.7. The van der Waals surface area contributed by atoms with E-state index in [0.29, 0.717) is 0 Å². The Morgan fingerprint density at radius 2 is 1.72 bits per heavy atom. The van der Waals surface area contributed by atoms with Crippen LogP contribution >= 0.6 is 0 Å². The topological polar surface area (TPSA) is 21.3 Å². The highest BCUT2D eigenvalue weighted by molar-refractivity contribution is 4.78. The number of hydrogen-bond acceptors (Lipinski definition) is 2. The van der Waals surface area contributed by atoms with Crippen LogP contribution in [0, 0.1) is 11.8 Å².